The first kappa shape index (κ1) is 12.8. The first-order chi connectivity index (χ1) is 7.51. The normalized spacial score (nSPS) is 11.5. The van der Waals surface area contributed by atoms with Crippen LogP contribution in [0.2, 0.25) is 0 Å². The summed E-state index contributed by atoms with van der Waals surface area (Å²) in [4.78, 5) is 0. The summed E-state index contributed by atoms with van der Waals surface area (Å²) in [5, 5.41) is 2.35. The van der Waals surface area contributed by atoms with Crippen molar-refractivity contribution in [3.8, 4) is 5.75 Å². The second-order valence-corrected chi connectivity index (χ2v) is 3.39. The summed E-state index contributed by atoms with van der Waals surface area (Å²) >= 11 is 0. The molecule has 0 atom stereocenters. The zero-order valence-electron chi connectivity index (χ0n) is 8.97. The molecule has 0 aromatic heterocycles. The van der Waals surface area contributed by atoms with Crippen LogP contribution >= 0.6 is 0 Å². The molecule has 0 aliphatic rings. The van der Waals surface area contributed by atoms with Crippen molar-refractivity contribution in [2.24, 2.45) is 0 Å². The third-order valence-electron chi connectivity index (χ3n) is 2.05. The van der Waals surface area contributed by atoms with Crippen LogP contribution in [0, 0.1) is 0 Å². The third-order valence-corrected chi connectivity index (χ3v) is 2.05. The van der Waals surface area contributed by atoms with Gasteiger partial charge in [0.25, 0.3) is 0 Å². The highest BCUT2D eigenvalue weighted by Gasteiger charge is 2.25. The lowest BCUT2D eigenvalue weighted by Gasteiger charge is -2.08. The van der Waals surface area contributed by atoms with Crippen LogP contribution in [0.5, 0.6) is 5.75 Å². The number of ether oxygens (including phenoxy) is 1. The van der Waals surface area contributed by atoms with Crippen LogP contribution in [-0.2, 0) is 6.42 Å². The maximum atomic E-state index is 11.8. The summed E-state index contributed by atoms with van der Waals surface area (Å²) in [6, 6.07) is 7.29. The lowest BCUT2D eigenvalue weighted by Crippen LogP contribution is -2.30. The van der Waals surface area contributed by atoms with Crippen LogP contribution in [0.3, 0.4) is 0 Å². The van der Waals surface area contributed by atoms with Crippen molar-refractivity contribution in [1.29, 1.82) is 0 Å². The van der Waals surface area contributed by atoms with E-state index in [9.17, 15) is 13.2 Å². The second-order valence-electron chi connectivity index (χ2n) is 3.39. The molecule has 0 amide bonds. The van der Waals surface area contributed by atoms with Crippen molar-refractivity contribution in [1.82, 2.24) is 5.32 Å². The molecule has 0 bridgehead atoms. The van der Waals surface area contributed by atoms with Gasteiger partial charge in [-0.25, -0.2) is 0 Å². The van der Waals surface area contributed by atoms with Crippen LogP contribution in [0.1, 0.15) is 5.56 Å². The first-order valence-corrected chi connectivity index (χ1v) is 4.91. The third kappa shape index (κ3) is 5.02. The van der Waals surface area contributed by atoms with Crippen LogP contribution in [0.25, 0.3) is 0 Å². The molecule has 0 aliphatic carbocycles. The quantitative estimate of drug-likeness (QED) is 0.788. The number of hydrogen-bond acceptors (Lipinski definition) is 2. The maximum absolute atomic E-state index is 11.8. The predicted octanol–water partition coefficient (Wildman–Crippen LogP) is 2.39. The molecule has 0 radical (unpaired) electrons. The number of rotatable bonds is 5. The smallest absolute Gasteiger partial charge is 0.401 e. The van der Waals surface area contributed by atoms with Crippen molar-refractivity contribution < 1.29 is 17.9 Å². The summed E-state index contributed by atoms with van der Waals surface area (Å²) in [5.41, 5.74) is 0.953. The van der Waals surface area contributed by atoms with Crippen LogP contribution in [0.15, 0.2) is 24.3 Å². The molecule has 0 unspecified atom stereocenters. The largest absolute Gasteiger partial charge is 0.497 e. The molecule has 2 nitrogen and oxygen atoms in total. The van der Waals surface area contributed by atoms with E-state index in [1.165, 1.54) is 0 Å². The van der Waals surface area contributed by atoms with Crippen molar-refractivity contribution in [2.75, 3.05) is 20.2 Å². The molecule has 0 saturated carbocycles. The van der Waals surface area contributed by atoms with Gasteiger partial charge in [0.1, 0.15) is 5.75 Å². The van der Waals surface area contributed by atoms with Crippen molar-refractivity contribution in [3.63, 3.8) is 0 Å². The summed E-state index contributed by atoms with van der Waals surface area (Å²) in [7, 11) is 1.56. The fourth-order valence-corrected chi connectivity index (χ4v) is 1.29. The number of halogens is 3. The van der Waals surface area contributed by atoms with Crippen molar-refractivity contribution in [2.45, 2.75) is 12.6 Å². The SMILES string of the molecule is COc1cccc(CCNCC(F)(F)F)c1. The molecule has 0 saturated heterocycles. The van der Waals surface area contributed by atoms with Gasteiger partial charge in [0.05, 0.1) is 13.7 Å². The van der Waals surface area contributed by atoms with E-state index in [1.807, 2.05) is 18.2 Å². The Balaban J connectivity index is 2.32. The van der Waals surface area contributed by atoms with E-state index >= 15 is 0 Å². The van der Waals surface area contributed by atoms with Gasteiger partial charge in [0.15, 0.2) is 0 Å². The van der Waals surface area contributed by atoms with Crippen LogP contribution in [-0.4, -0.2) is 26.4 Å². The molecule has 1 aromatic carbocycles. The molecular formula is C11H14F3NO. The maximum Gasteiger partial charge on any atom is 0.401 e. The molecule has 0 heterocycles. The Morgan fingerprint density at radius 1 is 1.31 bits per heavy atom. The Morgan fingerprint density at radius 3 is 2.69 bits per heavy atom. The highest BCUT2D eigenvalue weighted by molar-refractivity contribution is 5.28. The molecule has 16 heavy (non-hydrogen) atoms. The first-order valence-electron chi connectivity index (χ1n) is 4.91. The van der Waals surface area contributed by atoms with Gasteiger partial charge in [0, 0.05) is 0 Å². The molecule has 90 valence electrons. The molecule has 0 spiro atoms. The fraction of sp³-hybridized carbons (Fsp3) is 0.455. The van der Waals surface area contributed by atoms with Gasteiger partial charge in [0.2, 0.25) is 0 Å². The average Bonchev–Trinajstić information content (AvgIpc) is 2.23. The lowest BCUT2D eigenvalue weighted by atomic mass is 10.1. The van der Waals surface area contributed by atoms with Crippen LogP contribution < -0.4 is 10.1 Å². The monoisotopic (exact) mass is 233 g/mol. The van der Waals surface area contributed by atoms with E-state index in [4.69, 9.17) is 4.74 Å². The van der Waals surface area contributed by atoms with E-state index in [2.05, 4.69) is 5.32 Å². The van der Waals surface area contributed by atoms with Gasteiger partial charge >= 0.3 is 6.18 Å². The summed E-state index contributed by atoms with van der Waals surface area (Å²) < 4.78 is 40.5. The van der Waals surface area contributed by atoms with E-state index in [0.717, 1.165) is 5.56 Å². The molecule has 5 heteroatoms. The van der Waals surface area contributed by atoms with E-state index in [1.54, 1.807) is 13.2 Å². The highest BCUT2D eigenvalue weighted by atomic mass is 19.4. The number of alkyl halides is 3. The Labute approximate surface area is 92.4 Å². The topological polar surface area (TPSA) is 21.3 Å². The molecule has 1 rings (SSSR count). The Kier molecular flexibility index (Phi) is 4.61. The minimum Gasteiger partial charge on any atom is -0.497 e. The molecule has 1 N–H and O–H groups in total. The minimum atomic E-state index is -4.14. The van der Waals surface area contributed by atoms with Gasteiger partial charge in [-0.15, -0.1) is 0 Å². The molecule has 1 aromatic rings. The molecule has 0 aliphatic heterocycles. The number of nitrogens with one attached hydrogen (secondary N) is 1. The van der Waals surface area contributed by atoms with E-state index < -0.39 is 12.7 Å². The number of hydrogen-bond donors (Lipinski definition) is 1. The van der Waals surface area contributed by atoms with E-state index in [0.29, 0.717) is 18.7 Å². The standard InChI is InChI=1S/C11H14F3NO/c1-16-10-4-2-3-9(7-10)5-6-15-8-11(12,13)14/h2-4,7,15H,5-6,8H2,1H3. The average molecular weight is 233 g/mol. The second kappa shape index (κ2) is 5.75. The summed E-state index contributed by atoms with van der Waals surface area (Å²) in [5.74, 6) is 0.716. The number of benzene rings is 1. The minimum absolute atomic E-state index is 0.298. The van der Waals surface area contributed by atoms with Gasteiger partial charge in [-0.3, -0.25) is 0 Å². The van der Waals surface area contributed by atoms with E-state index in [-0.39, 0.29) is 0 Å². The highest BCUT2D eigenvalue weighted by Crippen LogP contribution is 2.14. The van der Waals surface area contributed by atoms with Crippen molar-refractivity contribution >= 4 is 0 Å². The van der Waals surface area contributed by atoms with Crippen LogP contribution in [0.4, 0.5) is 13.2 Å². The fourth-order valence-electron chi connectivity index (χ4n) is 1.29. The molecular weight excluding hydrogens is 219 g/mol. The van der Waals surface area contributed by atoms with Gasteiger partial charge < -0.3 is 10.1 Å². The lowest BCUT2D eigenvalue weighted by molar-refractivity contribution is -0.124. The predicted molar refractivity (Wildman–Crippen MR) is 55.6 cm³/mol. The Hall–Kier alpha value is -1.23. The van der Waals surface area contributed by atoms with Gasteiger partial charge in [-0.05, 0) is 30.7 Å². The van der Waals surface area contributed by atoms with Gasteiger partial charge in [-0.1, -0.05) is 12.1 Å². The molecule has 0 fully saturated rings. The zero-order chi connectivity index (χ0) is 12.0. The number of methoxy groups -OCH3 is 1. The Bertz CT molecular complexity index is 325. The summed E-state index contributed by atoms with van der Waals surface area (Å²) in [6.07, 6.45) is -3.60. The Morgan fingerprint density at radius 2 is 2.06 bits per heavy atom. The zero-order valence-corrected chi connectivity index (χ0v) is 8.97. The van der Waals surface area contributed by atoms with Gasteiger partial charge in [-0.2, -0.15) is 13.2 Å². The summed E-state index contributed by atoms with van der Waals surface area (Å²) in [6.45, 7) is -0.649. The van der Waals surface area contributed by atoms with Crippen molar-refractivity contribution in [3.05, 3.63) is 29.8 Å².